The Bertz CT molecular complexity index is 2510. The van der Waals surface area contributed by atoms with Crippen LogP contribution in [0.25, 0.3) is 10.1 Å². The average molecular weight is 923 g/mol. The molecule has 5 heterocycles. The van der Waals surface area contributed by atoms with Crippen LogP contribution in [0.5, 0.6) is 5.75 Å². The molecule has 13 nitrogen and oxygen atoms in total. The minimum Gasteiger partial charge on any atom is -0.465 e. The Morgan fingerprint density at radius 1 is 0.985 bits per heavy atom. The normalized spacial score (nSPS) is 26.8. The van der Waals surface area contributed by atoms with Gasteiger partial charge in [-0.3, -0.25) is 23.7 Å². The first-order chi connectivity index (χ1) is 31.4. The molecule has 16 heteroatoms. The quantitative estimate of drug-likeness (QED) is 0.0935. The van der Waals surface area contributed by atoms with E-state index in [1.54, 1.807) is 47.4 Å². The van der Waals surface area contributed by atoms with Crippen molar-refractivity contribution in [1.82, 2.24) is 25.1 Å². The first-order valence-corrected chi connectivity index (χ1v) is 25.5. The number of para-hydroxylation sites is 1. The standard InChI is InChI=1S/C49H56FN6O7PS/c1-3-25-62-48(60)31(2)53-64(61,63-37-13-8-5-9-14-37)44(50)33-15-20-42-34(26-33)27-43(65-42)45(57)52-40-18-16-35(54-23-10-24-54)28-36-17-19-41(56(36)46(40)58)47(59)55-30-38(32-11-6-4-7-12-32)39(29-51)49(55)21-22-49/h4-9,11-15,20,26-27,31,35-36,38-41,44H,3,10,16-19,21-25,28,30H2,1-2H3,(H,52,57)(H,53,61)/t31-,35-,36+,38+,39+,40-,41-,44+,64?/m0/s1. The highest BCUT2D eigenvalue weighted by Crippen LogP contribution is 2.59. The van der Waals surface area contributed by atoms with Crippen LogP contribution < -0.4 is 14.9 Å². The van der Waals surface area contributed by atoms with Gasteiger partial charge in [-0.15, -0.1) is 11.3 Å². The fraction of sp³-hybridized carbons (Fsp3) is 0.490. The first kappa shape index (κ1) is 45.0. The first-order valence-electron chi connectivity index (χ1n) is 23.0. The second-order valence-corrected chi connectivity index (χ2v) is 21.5. The van der Waals surface area contributed by atoms with Crippen LogP contribution in [-0.2, 0) is 23.7 Å². The van der Waals surface area contributed by atoms with Gasteiger partial charge >= 0.3 is 13.5 Å². The number of hydrogen-bond donors (Lipinski definition) is 2. The van der Waals surface area contributed by atoms with Gasteiger partial charge in [0.1, 0.15) is 23.9 Å². The molecule has 1 saturated carbocycles. The SMILES string of the molecule is CCCOC(=O)[C@H](C)NP(=O)(Oc1ccccc1)[C@@H](F)c1ccc2sc(C(=O)N[C@H]3CC[C@H](N4CCC4)C[C@H]4CC[C@@H](C(=O)N5C[C@H](c6ccccc6)[C@@H](C#N)C56CC6)N4C3=O)cc2c1. The van der Waals surface area contributed by atoms with Crippen molar-refractivity contribution in [2.24, 2.45) is 5.92 Å². The molecule has 3 amide bonds. The molecular weight excluding hydrogens is 867 g/mol. The third-order valence-corrected chi connectivity index (χ3v) is 17.4. The van der Waals surface area contributed by atoms with E-state index >= 15 is 4.39 Å². The van der Waals surface area contributed by atoms with Gasteiger partial charge in [-0.1, -0.05) is 61.5 Å². The van der Waals surface area contributed by atoms with Crippen LogP contribution >= 0.6 is 18.9 Å². The van der Waals surface area contributed by atoms with Gasteiger partial charge in [0, 0.05) is 29.2 Å². The number of alkyl halides is 1. The number of nitrogens with one attached hydrogen (secondary N) is 2. The third-order valence-electron chi connectivity index (χ3n) is 14.2. The zero-order chi connectivity index (χ0) is 45.5. The number of nitriles is 1. The maximum absolute atomic E-state index is 16.7. The summed E-state index contributed by atoms with van der Waals surface area (Å²) in [5.74, 6) is -4.01. The molecule has 4 saturated heterocycles. The van der Waals surface area contributed by atoms with Gasteiger partial charge in [0.05, 0.1) is 29.0 Å². The van der Waals surface area contributed by atoms with Crippen LogP contribution in [-0.4, -0.2) is 100 Å². The molecule has 9 atom stereocenters. The number of halogens is 1. The Balaban J connectivity index is 0.950. The van der Waals surface area contributed by atoms with E-state index in [-0.39, 0.29) is 53.7 Å². The maximum Gasteiger partial charge on any atom is 0.355 e. The summed E-state index contributed by atoms with van der Waals surface area (Å²) in [6.45, 7) is 5.83. The van der Waals surface area contributed by atoms with Crippen LogP contribution in [0.1, 0.15) is 104 Å². The van der Waals surface area contributed by atoms with Gasteiger partial charge in [0.2, 0.25) is 17.7 Å². The lowest BCUT2D eigenvalue weighted by atomic mass is 9.85. The number of amides is 3. The van der Waals surface area contributed by atoms with Crippen LogP contribution in [0.4, 0.5) is 4.39 Å². The highest BCUT2D eigenvalue weighted by molar-refractivity contribution is 7.57. The van der Waals surface area contributed by atoms with Crippen LogP contribution in [0, 0.1) is 17.2 Å². The fourth-order valence-corrected chi connectivity index (χ4v) is 13.4. The van der Waals surface area contributed by atoms with Gasteiger partial charge < -0.3 is 29.3 Å². The van der Waals surface area contributed by atoms with Crippen molar-refractivity contribution in [3.8, 4) is 11.8 Å². The third kappa shape index (κ3) is 8.83. The Hall–Kier alpha value is -5.13. The summed E-state index contributed by atoms with van der Waals surface area (Å²) in [6.07, 6.45) is 6.32. The molecule has 9 rings (SSSR count). The lowest BCUT2D eigenvalue weighted by Crippen LogP contribution is -2.60. The van der Waals surface area contributed by atoms with E-state index in [0.717, 1.165) is 50.8 Å². The zero-order valence-electron chi connectivity index (χ0n) is 36.8. The molecule has 1 spiro atoms. The summed E-state index contributed by atoms with van der Waals surface area (Å²) in [4.78, 5) is 63.1. The molecule has 1 aliphatic carbocycles. The van der Waals surface area contributed by atoms with E-state index in [2.05, 4.69) is 21.4 Å². The van der Waals surface area contributed by atoms with Gasteiger partial charge in [-0.05, 0) is 125 Å². The molecule has 5 fully saturated rings. The molecule has 342 valence electrons. The number of ether oxygens (including phenoxy) is 1. The largest absolute Gasteiger partial charge is 0.465 e. The van der Waals surface area contributed by atoms with E-state index in [4.69, 9.17) is 9.26 Å². The van der Waals surface area contributed by atoms with E-state index in [9.17, 15) is 29.0 Å². The molecule has 3 aromatic carbocycles. The molecule has 0 bridgehead atoms. The van der Waals surface area contributed by atoms with Crippen molar-refractivity contribution in [2.45, 2.75) is 119 Å². The Labute approximate surface area is 383 Å². The lowest BCUT2D eigenvalue weighted by Gasteiger charge is -2.44. The Morgan fingerprint density at radius 2 is 1.71 bits per heavy atom. The molecule has 1 aromatic heterocycles. The summed E-state index contributed by atoms with van der Waals surface area (Å²) < 4.78 is 42.8. The van der Waals surface area contributed by atoms with Crippen LogP contribution in [0.3, 0.4) is 0 Å². The summed E-state index contributed by atoms with van der Waals surface area (Å²) in [5.41, 5.74) is 0.531. The van der Waals surface area contributed by atoms with E-state index in [1.807, 2.05) is 42.2 Å². The van der Waals surface area contributed by atoms with Crippen LogP contribution in [0.15, 0.2) is 84.9 Å². The summed E-state index contributed by atoms with van der Waals surface area (Å²) >= 11 is 1.19. The number of esters is 1. The number of nitrogens with zero attached hydrogens (tertiary/aromatic N) is 4. The predicted octanol–water partition coefficient (Wildman–Crippen LogP) is 8.09. The van der Waals surface area contributed by atoms with Crippen molar-refractivity contribution >= 4 is 52.6 Å². The number of rotatable bonds is 14. The smallest absolute Gasteiger partial charge is 0.355 e. The van der Waals surface area contributed by atoms with E-state index < -0.39 is 49.0 Å². The second-order valence-electron chi connectivity index (χ2n) is 18.3. The number of fused-ring (bicyclic) bond motifs is 2. The number of thiophene rings is 1. The molecule has 0 radical (unpaired) electrons. The summed E-state index contributed by atoms with van der Waals surface area (Å²) in [6, 6.07) is 24.3. The molecule has 2 N–H and O–H groups in total. The average Bonchev–Trinajstić information content (AvgIpc) is 3.62. The number of likely N-dealkylation sites (tertiary alicyclic amines) is 2. The van der Waals surface area contributed by atoms with Crippen LogP contribution in [0.2, 0.25) is 0 Å². The van der Waals surface area contributed by atoms with Crippen molar-refractivity contribution in [1.29, 1.82) is 5.26 Å². The Kier molecular flexibility index (Phi) is 12.9. The maximum atomic E-state index is 16.7. The van der Waals surface area contributed by atoms with Crippen molar-refractivity contribution in [3.63, 3.8) is 0 Å². The fourth-order valence-electron chi connectivity index (χ4n) is 10.6. The van der Waals surface area contributed by atoms with Crippen molar-refractivity contribution in [3.05, 3.63) is 101 Å². The summed E-state index contributed by atoms with van der Waals surface area (Å²) in [5, 5.41) is 16.6. The number of carbonyl (C=O) groups is 4. The van der Waals surface area contributed by atoms with E-state index in [1.165, 1.54) is 30.4 Å². The van der Waals surface area contributed by atoms with Gasteiger partial charge in [-0.2, -0.15) is 5.26 Å². The van der Waals surface area contributed by atoms with Gasteiger partial charge in [-0.25, -0.2) is 9.48 Å². The summed E-state index contributed by atoms with van der Waals surface area (Å²) in [7, 11) is -4.47. The molecule has 1 unspecified atom stereocenters. The highest BCUT2D eigenvalue weighted by Gasteiger charge is 2.64. The number of carbonyl (C=O) groups excluding carboxylic acids is 4. The molecule has 5 aliphatic rings. The minimum absolute atomic E-state index is 0.0216. The predicted molar refractivity (Wildman–Crippen MR) is 245 cm³/mol. The second kappa shape index (κ2) is 18.6. The minimum atomic E-state index is -4.47. The molecule has 4 aromatic rings. The number of hydrogen-bond acceptors (Lipinski definition) is 10. The molecule has 4 aliphatic heterocycles. The zero-order valence-corrected chi connectivity index (χ0v) is 38.5. The van der Waals surface area contributed by atoms with E-state index in [0.29, 0.717) is 47.2 Å². The lowest BCUT2D eigenvalue weighted by molar-refractivity contribution is -0.148. The van der Waals surface area contributed by atoms with Gasteiger partial charge in [0.15, 0.2) is 0 Å². The van der Waals surface area contributed by atoms with Gasteiger partial charge in [0.25, 0.3) is 5.91 Å². The van der Waals surface area contributed by atoms with Crippen molar-refractivity contribution in [2.75, 3.05) is 26.2 Å². The topological polar surface area (TPSA) is 161 Å². The van der Waals surface area contributed by atoms with Crippen molar-refractivity contribution < 1.29 is 37.4 Å². The molecule has 65 heavy (non-hydrogen) atoms. The monoisotopic (exact) mass is 922 g/mol. The number of benzene rings is 3. The molecular formula is C49H56FN6O7PS. The highest BCUT2D eigenvalue weighted by atomic mass is 32.1. The Morgan fingerprint density at radius 3 is 2.38 bits per heavy atom.